The number of esters is 1. The molecule has 1 unspecified atom stereocenters. The third kappa shape index (κ3) is 2.18. The van der Waals surface area contributed by atoms with Crippen LogP contribution in [0, 0.1) is 5.92 Å². The summed E-state index contributed by atoms with van der Waals surface area (Å²) in [6.07, 6.45) is 2.56. The lowest BCUT2D eigenvalue weighted by Crippen LogP contribution is -2.14. The first kappa shape index (κ1) is 12.5. The molecule has 0 bridgehead atoms. The van der Waals surface area contributed by atoms with Crippen LogP contribution in [0.3, 0.4) is 0 Å². The van der Waals surface area contributed by atoms with Gasteiger partial charge in [-0.1, -0.05) is 13.0 Å². The third-order valence-electron chi connectivity index (χ3n) is 3.10. The van der Waals surface area contributed by atoms with Crippen LogP contribution in [0.4, 0.5) is 0 Å². The van der Waals surface area contributed by atoms with Crippen LogP contribution in [0.1, 0.15) is 12.5 Å². The van der Waals surface area contributed by atoms with E-state index in [0.29, 0.717) is 6.42 Å². The molecule has 18 heavy (non-hydrogen) atoms. The number of hydrogen-bond donors (Lipinski definition) is 1. The van der Waals surface area contributed by atoms with E-state index in [2.05, 4.69) is 4.98 Å². The molecule has 0 spiro atoms. The molecule has 1 heterocycles. The molecule has 1 N–H and O–H groups in total. The molecule has 0 amide bonds. The maximum absolute atomic E-state index is 11.5. The van der Waals surface area contributed by atoms with Crippen molar-refractivity contribution in [2.24, 2.45) is 5.92 Å². The summed E-state index contributed by atoms with van der Waals surface area (Å²) in [7, 11) is 3.06. The van der Waals surface area contributed by atoms with Crippen LogP contribution >= 0.6 is 0 Å². The van der Waals surface area contributed by atoms with Gasteiger partial charge in [0.2, 0.25) is 0 Å². The van der Waals surface area contributed by atoms with E-state index in [1.165, 1.54) is 7.11 Å². The Labute approximate surface area is 106 Å². The van der Waals surface area contributed by atoms with Crippen molar-refractivity contribution < 1.29 is 14.3 Å². The number of aromatic amines is 1. The molecule has 0 saturated heterocycles. The fraction of sp³-hybridized carbons (Fsp3) is 0.357. The number of aromatic nitrogens is 1. The Balaban J connectivity index is 2.37. The first-order chi connectivity index (χ1) is 8.67. The van der Waals surface area contributed by atoms with Gasteiger partial charge in [0.1, 0.15) is 5.75 Å². The van der Waals surface area contributed by atoms with Crippen molar-refractivity contribution in [2.45, 2.75) is 13.3 Å². The highest BCUT2D eigenvalue weighted by Gasteiger charge is 2.17. The smallest absolute Gasteiger partial charge is 0.308 e. The van der Waals surface area contributed by atoms with E-state index in [1.54, 1.807) is 7.11 Å². The summed E-state index contributed by atoms with van der Waals surface area (Å²) >= 11 is 0. The fourth-order valence-corrected chi connectivity index (χ4v) is 2.17. The Bertz CT molecular complexity index is 559. The normalized spacial score (nSPS) is 12.4. The SMILES string of the molecule is COC(=O)C(C)Cc1c[nH]c2cccc(OC)c12. The van der Waals surface area contributed by atoms with Gasteiger partial charge in [-0.3, -0.25) is 4.79 Å². The van der Waals surface area contributed by atoms with Crippen LogP contribution in [0.15, 0.2) is 24.4 Å². The molecule has 4 nitrogen and oxygen atoms in total. The van der Waals surface area contributed by atoms with Crippen LogP contribution in [-0.4, -0.2) is 25.2 Å². The van der Waals surface area contributed by atoms with Gasteiger partial charge in [0.25, 0.3) is 0 Å². The van der Waals surface area contributed by atoms with Crippen LogP contribution in [0.25, 0.3) is 10.9 Å². The van der Waals surface area contributed by atoms with Gasteiger partial charge in [-0.2, -0.15) is 0 Å². The van der Waals surface area contributed by atoms with Gasteiger partial charge in [0.15, 0.2) is 0 Å². The summed E-state index contributed by atoms with van der Waals surface area (Å²) in [5, 5.41) is 1.04. The van der Waals surface area contributed by atoms with Crippen LogP contribution in [-0.2, 0) is 16.0 Å². The van der Waals surface area contributed by atoms with Crippen molar-refractivity contribution in [1.82, 2.24) is 4.98 Å². The second-order valence-corrected chi connectivity index (χ2v) is 4.33. The monoisotopic (exact) mass is 247 g/mol. The van der Waals surface area contributed by atoms with Gasteiger partial charge < -0.3 is 14.5 Å². The molecule has 96 valence electrons. The first-order valence-electron chi connectivity index (χ1n) is 5.88. The molecule has 0 aliphatic carbocycles. The van der Waals surface area contributed by atoms with Crippen molar-refractivity contribution >= 4 is 16.9 Å². The summed E-state index contributed by atoms with van der Waals surface area (Å²) in [5.74, 6) is 0.457. The second-order valence-electron chi connectivity index (χ2n) is 4.33. The van der Waals surface area contributed by atoms with Crippen LogP contribution < -0.4 is 4.74 Å². The number of ether oxygens (including phenoxy) is 2. The number of hydrogen-bond acceptors (Lipinski definition) is 3. The molecule has 0 aliphatic heterocycles. The standard InChI is InChI=1S/C14H17NO3/c1-9(14(16)18-3)7-10-8-15-11-5-4-6-12(17-2)13(10)11/h4-6,8-9,15H,7H2,1-3H3. The van der Waals surface area contributed by atoms with E-state index in [4.69, 9.17) is 9.47 Å². The number of nitrogens with one attached hydrogen (secondary N) is 1. The van der Waals surface area contributed by atoms with Crippen LogP contribution in [0.2, 0.25) is 0 Å². The molecule has 1 aromatic heterocycles. The van der Waals surface area contributed by atoms with Crippen molar-refractivity contribution in [3.05, 3.63) is 30.0 Å². The van der Waals surface area contributed by atoms with E-state index in [9.17, 15) is 4.79 Å². The Hall–Kier alpha value is -1.97. The van der Waals surface area contributed by atoms with Gasteiger partial charge in [-0.05, 0) is 24.1 Å². The van der Waals surface area contributed by atoms with Gasteiger partial charge in [0.05, 0.1) is 20.1 Å². The van der Waals surface area contributed by atoms with Crippen molar-refractivity contribution in [2.75, 3.05) is 14.2 Å². The van der Waals surface area contributed by atoms with E-state index >= 15 is 0 Å². The molecule has 0 radical (unpaired) electrons. The number of methoxy groups -OCH3 is 2. The fourth-order valence-electron chi connectivity index (χ4n) is 2.17. The Kier molecular flexibility index (Phi) is 3.55. The zero-order valence-corrected chi connectivity index (χ0v) is 10.8. The highest BCUT2D eigenvalue weighted by Crippen LogP contribution is 2.30. The highest BCUT2D eigenvalue weighted by atomic mass is 16.5. The summed E-state index contributed by atoms with van der Waals surface area (Å²) in [6, 6.07) is 5.85. The van der Waals surface area contributed by atoms with Gasteiger partial charge in [-0.25, -0.2) is 0 Å². The average molecular weight is 247 g/mol. The minimum absolute atomic E-state index is 0.168. The van der Waals surface area contributed by atoms with Gasteiger partial charge in [-0.15, -0.1) is 0 Å². The summed E-state index contributed by atoms with van der Waals surface area (Å²) in [5.41, 5.74) is 2.08. The Morgan fingerprint density at radius 3 is 2.83 bits per heavy atom. The maximum atomic E-state index is 11.5. The molecule has 2 aromatic rings. The zero-order chi connectivity index (χ0) is 13.1. The number of benzene rings is 1. The van der Waals surface area contributed by atoms with E-state index in [-0.39, 0.29) is 11.9 Å². The quantitative estimate of drug-likeness (QED) is 0.845. The predicted octanol–water partition coefficient (Wildman–Crippen LogP) is 2.53. The number of H-pyrrole nitrogens is 1. The predicted molar refractivity (Wildman–Crippen MR) is 69.7 cm³/mol. The molecule has 2 rings (SSSR count). The molecule has 0 saturated carbocycles. The van der Waals surface area contributed by atoms with Crippen LogP contribution in [0.5, 0.6) is 5.75 Å². The van der Waals surface area contributed by atoms with E-state index in [1.807, 2.05) is 31.3 Å². The van der Waals surface area contributed by atoms with Gasteiger partial charge in [0, 0.05) is 17.1 Å². The number of fused-ring (bicyclic) bond motifs is 1. The highest BCUT2D eigenvalue weighted by molar-refractivity contribution is 5.89. The minimum Gasteiger partial charge on any atom is -0.496 e. The molecule has 0 fully saturated rings. The van der Waals surface area contributed by atoms with E-state index in [0.717, 1.165) is 22.2 Å². The van der Waals surface area contributed by atoms with Gasteiger partial charge >= 0.3 is 5.97 Å². The number of carbonyl (C=O) groups excluding carboxylic acids is 1. The lowest BCUT2D eigenvalue weighted by molar-refractivity contribution is -0.144. The summed E-state index contributed by atoms with van der Waals surface area (Å²) in [6.45, 7) is 1.86. The molecule has 1 atom stereocenters. The Morgan fingerprint density at radius 1 is 1.39 bits per heavy atom. The molecule has 0 aliphatic rings. The zero-order valence-electron chi connectivity index (χ0n) is 10.8. The topological polar surface area (TPSA) is 51.3 Å². The molecular weight excluding hydrogens is 230 g/mol. The average Bonchev–Trinajstić information content (AvgIpc) is 2.81. The number of carbonyl (C=O) groups is 1. The lowest BCUT2D eigenvalue weighted by atomic mass is 10.0. The summed E-state index contributed by atoms with van der Waals surface area (Å²) < 4.78 is 10.1. The van der Waals surface area contributed by atoms with Crippen molar-refractivity contribution in [3.8, 4) is 5.75 Å². The summed E-state index contributed by atoms with van der Waals surface area (Å²) in [4.78, 5) is 14.7. The molecule has 4 heteroatoms. The Morgan fingerprint density at radius 2 is 2.17 bits per heavy atom. The minimum atomic E-state index is -0.195. The van der Waals surface area contributed by atoms with E-state index < -0.39 is 0 Å². The largest absolute Gasteiger partial charge is 0.496 e. The molecular formula is C14H17NO3. The number of rotatable bonds is 4. The van der Waals surface area contributed by atoms with Crippen molar-refractivity contribution in [1.29, 1.82) is 0 Å². The third-order valence-corrected chi connectivity index (χ3v) is 3.10. The first-order valence-corrected chi connectivity index (χ1v) is 5.88. The maximum Gasteiger partial charge on any atom is 0.308 e. The lowest BCUT2D eigenvalue weighted by Gasteiger charge is -2.09. The molecule has 1 aromatic carbocycles. The second kappa shape index (κ2) is 5.12. The van der Waals surface area contributed by atoms with Crippen molar-refractivity contribution in [3.63, 3.8) is 0 Å².